The lowest BCUT2D eigenvalue weighted by Gasteiger charge is -2.36. The minimum Gasteiger partial charge on any atom is -0.497 e. The van der Waals surface area contributed by atoms with E-state index in [2.05, 4.69) is 84.0 Å². The van der Waals surface area contributed by atoms with E-state index in [-0.39, 0.29) is 17.9 Å². The lowest BCUT2D eigenvalue weighted by atomic mass is 10.0. The van der Waals surface area contributed by atoms with Crippen LogP contribution in [0.1, 0.15) is 30.9 Å². The van der Waals surface area contributed by atoms with Crippen LogP contribution in [-0.4, -0.2) is 79.6 Å². The van der Waals surface area contributed by atoms with Gasteiger partial charge in [-0.25, -0.2) is 0 Å². The van der Waals surface area contributed by atoms with Gasteiger partial charge in [0, 0.05) is 77.5 Å². The van der Waals surface area contributed by atoms with Gasteiger partial charge in [-0.3, -0.25) is 14.6 Å². The monoisotopic (exact) mass is 893 g/mol. The SMILES string of the molecule is C=C/C(NC(=O)c1sc(-c2cc3cc(OC)ccc3[nH]2)cc1C1CN(c2ccncc2NC(=O)c2ccc(-c3ccc(-c4ccccc4)s3)s2)CCN1)=C(\C=C/N)N1CCNCC1. The molecule has 2 fully saturated rings. The number of methoxy groups -OCH3 is 1. The number of nitrogens with two attached hydrogens (primary N) is 1. The van der Waals surface area contributed by atoms with Gasteiger partial charge in [0.25, 0.3) is 11.8 Å². The van der Waals surface area contributed by atoms with Crippen LogP contribution < -0.4 is 36.6 Å². The Hall–Kier alpha value is -6.49. The summed E-state index contributed by atoms with van der Waals surface area (Å²) in [5, 5.41) is 14.5. The molecule has 2 aliphatic heterocycles. The van der Waals surface area contributed by atoms with Gasteiger partial charge in [-0.15, -0.1) is 34.0 Å². The van der Waals surface area contributed by atoms with E-state index in [0.29, 0.717) is 40.8 Å². The molecule has 63 heavy (non-hydrogen) atoms. The van der Waals surface area contributed by atoms with Crippen molar-refractivity contribution in [3.63, 3.8) is 0 Å². The maximum absolute atomic E-state index is 14.6. The molecule has 2 aromatic carbocycles. The number of nitrogens with one attached hydrogen (secondary N) is 5. The van der Waals surface area contributed by atoms with Crippen molar-refractivity contribution >= 4 is 68.1 Å². The maximum Gasteiger partial charge on any atom is 0.266 e. The molecule has 7 heterocycles. The van der Waals surface area contributed by atoms with Crippen LogP contribution in [0.3, 0.4) is 0 Å². The molecule has 2 aliphatic rings. The number of amides is 2. The van der Waals surface area contributed by atoms with E-state index >= 15 is 0 Å². The molecule has 1 atom stereocenters. The van der Waals surface area contributed by atoms with E-state index in [1.54, 1.807) is 36.9 Å². The molecule has 5 aromatic heterocycles. The Kier molecular flexibility index (Phi) is 12.5. The number of ether oxygens (including phenoxy) is 1. The topological polar surface area (TPSA) is 153 Å². The van der Waals surface area contributed by atoms with E-state index in [0.717, 1.165) is 80.1 Å². The molecule has 0 bridgehead atoms. The average molecular weight is 894 g/mol. The highest BCUT2D eigenvalue weighted by atomic mass is 32.1. The first-order chi connectivity index (χ1) is 30.9. The minimum absolute atomic E-state index is 0.194. The number of carbonyl (C=O) groups excluding carboxylic acids is 2. The summed E-state index contributed by atoms with van der Waals surface area (Å²) >= 11 is 4.62. The van der Waals surface area contributed by atoms with Gasteiger partial charge in [0.05, 0.1) is 62.4 Å². The van der Waals surface area contributed by atoms with Gasteiger partial charge in [0.15, 0.2) is 0 Å². The lowest BCUT2D eigenvalue weighted by molar-refractivity contribution is 0.0967. The van der Waals surface area contributed by atoms with Crippen molar-refractivity contribution in [3.8, 4) is 36.5 Å². The first-order valence-corrected chi connectivity index (χ1v) is 23.2. The maximum atomic E-state index is 14.6. The van der Waals surface area contributed by atoms with Crippen LogP contribution in [0.15, 0.2) is 140 Å². The number of pyridine rings is 1. The number of H-pyrrole nitrogens is 1. The van der Waals surface area contributed by atoms with E-state index in [1.807, 2.05) is 60.7 Å². The van der Waals surface area contributed by atoms with Gasteiger partial charge in [-0.05, 0) is 90.1 Å². The van der Waals surface area contributed by atoms with Crippen molar-refractivity contribution in [1.29, 1.82) is 0 Å². The molecule has 7 N–H and O–H groups in total. The molecule has 9 rings (SSSR count). The Morgan fingerprint density at radius 1 is 0.889 bits per heavy atom. The van der Waals surface area contributed by atoms with Crippen LogP contribution in [0.5, 0.6) is 5.75 Å². The third-order valence-corrected chi connectivity index (χ3v) is 14.8. The lowest BCUT2D eigenvalue weighted by Crippen LogP contribution is -2.46. The summed E-state index contributed by atoms with van der Waals surface area (Å²) in [7, 11) is 1.66. The molecule has 0 aliphatic carbocycles. The number of fused-ring (bicyclic) bond motifs is 1. The quantitative estimate of drug-likeness (QED) is 0.0625. The summed E-state index contributed by atoms with van der Waals surface area (Å²) in [5.74, 6) is 0.335. The highest BCUT2D eigenvalue weighted by Gasteiger charge is 2.30. The van der Waals surface area contributed by atoms with Crippen molar-refractivity contribution in [2.45, 2.75) is 6.04 Å². The van der Waals surface area contributed by atoms with Gasteiger partial charge >= 0.3 is 0 Å². The van der Waals surface area contributed by atoms with Crippen molar-refractivity contribution in [2.24, 2.45) is 5.73 Å². The van der Waals surface area contributed by atoms with Gasteiger partial charge in [-0.2, -0.15) is 0 Å². The number of anilines is 2. The fraction of sp³-hybridized carbons (Fsp3) is 0.188. The van der Waals surface area contributed by atoms with Gasteiger partial charge in [-0.1, -0.05) is 36.9 Å². The largest absolute Gasteiger partial charge is 0.497 e. The predicted molar refractivity (Wildman–Crippen MR) is 259 cm³/mol. The molecule has 15 heteroatoms. The summed E-state index contributed by atoms with van der Waals surface area (Å²) in [6.45, 7) is 9.11. The van der Waals surface area contributed by atoms with Crippen LogP contribution in [-0.2, 0) is 0 Å². The normalized spacial score (nSPS) is 16.0. The Labute approximate surface area is 377 Å². The second kappa shape index (κ2) is 18.9. The zero-order chi connectivity index (χ0) is 43.3. The Morgan fingerprint density at radius 2 is 1.70 bits per heavy atom. The fourth-order valence-corrected chi connectivity index (χ4v) is 11.1. The van der Waals surface area contributed by atoms with Crippen LogP contribution in [0.25, 0.3) is 41.7 Å². The molecule has 2 saturated heterocycles. The number of allylic oxidation sites excluding steroid dienone is 2. The predicted octanol–water partition coefficient (Wildman–Crippen LogP) is 8.67. The number of nitrogens with zero attached hydrogens (tertiary/aromatic N) is 3. The average Bonchev–Trinajstić information content (AvgIpc) is 4.17. The number of rotatable bonds is 13. The highest BCUT2D eigenvalue weighted by Crippen LogP contribution is 2.40. The third-order valence-electron chi connectivity index (χ3n) is 11.2. The molecule has 0 radical (unpaired) electrons. The standard InChI is InChI=1S/C48H47N9O3S3/c1-3-34(39(15-17-49)56-22-19-50-20-23-56)54-48(59)46-33(27-45(63-46)36-26-31-25-32(60-2)9-10-35(31)53-36)38-29-57(24-21-52-38)40-16-18-51-28-37(40)55-47(58)44-14-13-43(62-44)42-12-11-41(61-42)30-7-5-4-6-8-30/h3-18,25-28,38,50,52-53H,1,19-24,29,49H2,2H3,(H,54,59)(H,55,58)/b17-15-,39-34-. The minimum atomic E-state index is -0.239. The molecule has 7 aromatic rings. The zero-order valence-corrected chi connectivity index (χ0v) is 37.1. The molecule has 0 saturated carbocycles. The number of hydrogen-bond acceptors (Lipinski definition) is 12. The highest BCUT2D eigenvalue weighted by molar-refractivity contribution is 7.24. The molecule has 0 spiro atoms. The molecular weight excluding hydrogens is 847 g/mol. The van der Waals surface area contributed by atoms with Gasteiger partial charge in [0.2, 0.25) is 0 Å². The summed E-state index contributed by atoms with van der Waals surface area (Å²) in [4.78, 5) is 46.3. The number of aromatic nitrogens is 2. The Morgan fingerprint density at radius 3 is 2.51 bits per heavy atom. The first kappa shape index (κ1) is 41.8. The van der Waals surface area contributed by atoms with E-state index < -0.39 is 0 Å². The van der Waals surface area contributed by atoms with Gasteiger partial charge in [0.1, 0.15) is 5.75 Å². The van der Waals surface area contributed by atoms with Crippen LogP contribution in [0.2, 0.25) is 0 Å². The molecule has 2 amide bonds. The van der Waals surface area contributed by atoms with Crippen LogP contribution >= 0.6 is 34.0 Å². The summed E-state index contributed by atoms with van der Waals surface area (Å²) in [6.07, 6.45) is 8.43. The number of hydrogen-bond donors (Lipinski definition) is 6. The number of thiophene rings is 3. The second-order valence-corrected chi connectivity index (χ2v) is 18.3. The number of piperazine rings is 2. The van der Waals surface area contributed by atoms with Gasteiger partial charge < -0.3 is 46.5 Å². The number of benzene rings is 2. The van der Waals surface area contributed by atoms with Crippen molar-refractivity contribution in [2.75, 3.05) is 63.1 Å². The first-order valence-electron chi connectivity index (χ1n) is 20.7. The zero-order valence-electron chi connectivity index (χ0n) is 34.6. The molecular formula is C48H47N9O3S3. The third kappa shape index (κ3) is 9.05. The Bertz CT molecular complexity index is 2830. The number of carbonyl (C=O) groups is 2. The number of aromatic amines is 1. The van der Waals surface area contributed by atoms with Crippen LogP contribution in [0, 0.1) is 0 Å². The van der Waals surface area contributed by atoms with E-state index in [1.165, 1.54) is 39.3 Å². The molecule has 320 valence electrons. The van der Waals surface area contributed by atoms with Crippen molar-refractivity contribution in [1.82, 2.24) is 30.8 Å². The summed E-state index contributed by atoms with van der Waals surface area (Å²) < 4.78 is 5.49. The molecule has 1 unspecified atom stereocenters. The van der Waals surface area contributed by atoms with Crippen molar-refractivity contribution in [3.05, 3.63) is 155 Å². The second-order valence-electron chi connectivity index (χ2n) is 15.1. The summed E-state index contributed by atoms with van der Waals surface area (Å²) in [6, 6.07) is 30.3. The fourth-order valence-electron chi connectivity index (χ4n) is 8.05. The van der Waals surface area contributed by atoms with Crippen LogP contribution in [0.4, 0.5) is 11.4 Å². The smallest absolute Gasteiger partial charge is 0.266 e. The van der Waals surface area contributed by atoms with E-state index in [4.69, 9.17) is 10.5 Å². The van der Waals surface area contributed by atoms with Crippen molar-refractivity contribution < 1.29 is 14.3 Å². The van der Waals surface area contributed by atoms with E-state index in [9.17, 15) is 9.59 Å². The summed E-state index contributed by atoms with van der Waals surface area (Å²) in [5.41, 5.74) is 12.7. The Balaban J connectivity index is 0.991. The molecule has 12 nitrogen and oxygen atoms in total.